The van der Waals surface area contributed by atoms with E-state index in [0.717, 1.165) is 5.03 Å². The Labute approximate surface area is 122 Å². The quantitative estimate of drug-likeness (QED) is 0.374. The zero-order chi connectivity index (χ0) is 14.3. The number of likely N-dealkylation sites (N-methyl/N-ethyl adjacent to an activating group) is 1. The predicted octanol–water partition coefficient (Wildman–Crippen LogP) is 1.91. The fourth-order valence-electron chi connectivity index (χ4n) is 1.14. The summed E-state index contributed by atoms with van der Waals surface area (Å²) in [6.07, 6.45) is 5.32. The summed E-state index contributed by atoms with van der Waals surface area (Å²) < 4.78 is 0. The van der Waals surface area contributed by atoms with E-state index in [1.54, 1.807) is 24.1 Å². The molecule has 0 radical (unpaired) electrons. The largest absolute Gasteiger partial charge is 0.384 e. The molecule has 104 valence electrons. The van der Waals surface area contributed by atoms with E-state index in [-0.39, 0.29) is 5.91 Å². The average molecular weight is 298 g/mol. The molecular formula is C12H18N4OS2. The van der Waals surface area contributed by atoms with Crippen LogP contribution in [0.15, 0.2) is 28.4 Å². The van der Waals surface area contributed by atoms with E-state index in [1.807, 2.05) is 19.3 Å². The molecule has 5 nitrogen and oxygen atoms in total. The number of amides is 1. The number of anilines is 1. The van der Waals surface area contributed by atoms with Crippen LogP contribution in [0.3, 0.4) is 0 Å². The molecule has 1 heterocycles. The van der Waals surface area contributed by atoms with Crippen LogP contribution in [0.1, 0.15) is 6.92 Å². The molecule has 7 heteroatoms. The molecule has 1 amide bonds. The van der Waals surface area contributed by atoms with Crippen LogP contribution in [-0.2, 0) is 4.79 Å². The summed E-state index contributed by atoms with van der Waals surface area (Å²) in [4.78, 5) is 21.6. The first-order valence-corrected chi connectivity index (χ1v) is 8.00. The maximum atomic E-state index is 11.5. The molecule has 0 atom stereocenters. The normalized spacial score (nSPS) is 10.9. The van der Waals surface area contributed by atoms with Gasteiger partial charge in [-0.1, -0.05) is 17.8 Å². The number of hydrogen-bond donors (Lipinski definition) is 1. The Hall–Kier alpha value is -1.21. The van der Waals surface area contributed by atoms with E-state index < -0.39 is 0 Å². The number of thioether (sulfide) groups is 2. The van der Waals surface area contributed by atoms with Gasteiger partial charge in [0.1, 0.15) is 10.8 Å². The van der Waals surface area contributed by atoms with E-state index in [1.165, 1.54) is 23.5 Å². The fourth-order valence-corrected chi connectivity index (χ4v) is 2.29. The molecule has 0 aliphatic rings. The van der Waals surface area contributed by atoms with E-state index in [0.29, 0.717) is 23.3 Å². The monoisotopic (exact) mass is 298 g/mol. The minimum absolute atomic E-state index is 0.00129. The Morgan fingerprint density at radius 3 is 2.89 bits per heavy atom. The summed E-state index contributed by atoms with van der Waals surface area (Å²) in [5.74, 6) is 1.11. The van der Waals surface area contributed by atoms with Crippen LogP contribution in [0, 0.1) is 0 Å². The third-order valence-corrected chi connectivity index (χ3v) is 3.76. The fraction of sp³-hybridized carbons (Fsp3) is 0.417. The van der Waals surface area contributed by atoms with E-state index >= 15 is 0 Å². The van der Waals surface area contributed by atoms with Crippen LogP contribution in [-0.4, -0.2) is 46.4 Å². The lowest BCUT2D eigenvalue weighted by atomic mass is 10.4. The maximum absolute atomic E-state index is 11.5. The number of nitrogens with zero attached hydrogens (tertiary/aromatic N) is 3. The van der Waals surface area contributed by atoms with Crippen molar-refractivity contribution in [2.24, 2.45) is 0 Å². The number of nitrogens with two attached hydrogens (primary N) is 1. The predicted molar refractivity (Wildman–Crippen MR) is 81.4 cm³/mol. The van der Waals surface area contributed by atoms with Gasteiger partial charge in [0.2, 0.25) is 5.91 Å². The standard InChI is InChI=1S/C12H18N4OS2/c1-4-16(2)11(17)6-5-7-19-12-14-9(13)8-10(15-12)18-3/h5-6,8H,4,7H2,1-3H3,(H2,13,14,15). The van der Waals surface area contributed by atoms with Crippen molar-refractivity contribution >= 4 is 35.2 Å². The lowest BCUT2D eigenvalue weighted by molar-refractivity contribution is -0.124. The lowest BCUT2D eigenvalue weighted by Gasteiger charge is -2.10. The van der Waals surface area contributed by atoms with Gasteiger partial charge in [0, 0.05) is 25.4 Å². The number of carbonyl (C=O) groups is 1. The van der Waals surface area contributed by atoms with Gasteiger partial charge in [-0.3, -0.25) is 4.79 Å². The smallest absolute Gasteiger partial charge is 0.245 e. The number of hydrogen-bond acceptors (Lipinski definition) is 6. The Morgan fingerprint density at radius 1 is 1.53 bits per heavy atom. The third-order valence-electron chi connectivity index (χ3n) is 2.33. The number of aromatic nitrogens is 2. The second-order valence-electron chi connectivity index (χ2n) is 3.68. The van der Waals surface area contributed by atoms with Gasteiger partial charge in [0.05, 0.1) is 0 Å². The Kier molecular flexibility index (Phi) is 6.72. The van der Waals surface area contributed by atoms with Gasteiger partial charge >= 0.3 is 0 Å². The zero-order valence-corrected chi connectivity index (χ0v) is 12.9. The van der Waals surface area contributed by atoms with Gasteiger partial charge in [-0.2, -0.15) is 0 Å². The SMILES string of the molecule is CCN(C)C(=O)C=CCSc1nc(N)cc(SC)n1. The van der Waals surface area contributed by atoms with Gasteiger partial charge in [0.25, 0.3) is 0 Å². The summed E-state index contributed by atoms with van der Waals surface area (Å²) in [5.41, 5.74) is 5.69. The molecule has 2 N–H and O–H groups in total. The van der Waals surface area contributed by atoms with Crippen molar-refractivity contribution < 1.29 is 4.79 Å². The second-order valence-corrected chi connectivity index (χ2v) is 5.50. The van der Waals surface area contributed by atoms with Gasteiger partial charge in [-0.05, 0) is 19.3 Å². The molecule has 0 fully saturated rings. The van der Waals surface area contributed by atoms with Crippen molar-refractivity contribution in [2.75, 3.05) is 31.3 Å². The van der Waals surface area contributed by atoms with Crippen molar-refractivity contribution in [3.8, 4) is 0 Å². The van der Waals surface area contributed by atoms with Crippen molar-refractivity contribution in [3.05, 3.63) is 18.2 Å². The molecule has 1 rings (SSSR count). The van der Waals surface area contributed by atoms with Gasteiger partial charge in [-0.15, -0.1) is 11.8 Å². The summed E-state index contributed by atoms with van der Waals surface area (Å²) in [6, 6.07) is 1.74. The molecule has 1 aromatic rings. The van der Waals surface area contributed by atoms with E-state index in [9.17, 15) is 4.79 Å². The number of nitrogen functional groups attached to an aromatic ring is 1. The Bertz CT molecular complexity index is 465. The molecule has 1 aromatic heterocycles. The highest BCUT2D eigenvalue weighted by atomic mass is 32.2. The van der Waals surface area contributed by atoms with Gasteiger partial charge < -0.3 is 10.6 Å². The van der Waals surface area contributed by atoms with Crippen molar-refractivity contribution in [3.63, 3.8) is 0 Å². The van der Waals surface area contributed by atoms with E-state index in [4.69, 9.17) is 5.73 Å². The van der Waals surface area contributed by atoms with Crippen LogP contribution in [0.25, 0.3) is 0 Å². The minimum atomic E-state index is 0.00129. The topological polar surface area (TPSA) is 72.1 Å². The molecule has 0 unspecified atom stereocenters. The molecule has 19 heavy (non-hydrogen) atoms. The molecule has 0 saturated carbocycles. The highest BCUT2D eigenvalue weighted by Crippen LogP contribution is 2.20. The first-order chi connectivity index (χ1) is 9.06. The molecule has 0 aliphatic carbocycles. The summed E-state index contributed by atoms with van der Waals surface area (Å²) >= 11 is 2.98. The van der Waals surface area contributed by atoms with Crippen molar-refractivity contribution in [2.45, 2.75) is 17.1 Å². The minimum Gasteiger partial charge on any atom is -0.384 e. The summed E-state index contributed by atoms with van der Waals surface area (Å²) in [6.45, 7) is 2.64. The van der Waals surface area contributed by atoms with Gasteiger partial charge in [0.15, 0.2) is 5.16 Å². The summed E-state index contributed by atoms with van der Waals surface area (Å²) in [5, 5.41) is 1.48. The molecule has 0 spiro atoms. The average Bonchev–Trinajstić information content (AvgIpc) is 2.41. The Morgan fingerprint density at radius 2 is 2.26 bits per heavy atom. The molecule has 0 aliphatic heterocycles. The highest BCUT2D eigenvalue weighted by Gasteiger charge is 2.03. The molecule has 0 saturated heterocycles. The first-order valence-electron chi connectivity index (χ1n) is 5.79. The Balaban J connectivity index is 2.51. The van der Waals surface area contributed by atoms with Crippen LogP contribution in [0.4, 0.5) is 5.82 Å². The first kappa shape index (κ1) is 15.8. The van der Waals surface area contributed by atoms with Crippen LogP contribution in [0.2, 0.25) is 0 Å². The third kappa shape index (κ3) is 5.52. The van der Waals surface area contributed by atoms with E-state index in [2.05, 4.69) is 9.97 Å². The summed E-state index contributed by atoms with van der Waals surface area (Å²) in [7, 11) is 1.77. The van der Waals surface area contributed by atoms with Gasteiger partial charge in [-0.25, -0.2) is 9.97 Å². The number of rotatable bonds is 6. The lowest BCUT2D eigenvalue weighted by Crippen LogP contribution is -2.23. The second kappa shape index (κ2) is 8.06. The highest BCUT2D eigenvalue weighted by molar-refractivity contribution is 7.99. The maximum Gasteiger partial charge on any atom is 0.245 e. The molecule has 0 aromatic carbocycles. The van der Waals surface area contributed by atoms with Crippen LogP contribution < -0.4 is 5.73 Å². The zero-order valence-electron chi connectivity index (χ0n) is 11.3. The van der Waals surface area contributed by atoms with Crippen molar-refractivity contribution in [1.82, 2.24) is 14.9 Å². The molecular weight excluding hydrogens is 280 g/mol. The van der Waals surface area contributed by atoms with Crippen molar-refractivity contribution in [1.29, 1.82) is 0 Å². The van der Waals surface area contributed by atoms with Crippen LogP contribution >= 0.6 is 23.5 Å². The van der Waals surface area contributed by atoms with Crippen LogP contribution in [0.5, 0.6) is 0 Å². The number of carbonyl (C=O) groups excluding carboxylic acids is 1. The molecule has 0 bridgehead atoms.